The lowest BCUT2D eigenvalue weighted by Gasteiger charge is -2.16. The largest absolute Gasteiger partial charge is 0.374 e. The van der Waals surface area contributed by atoms with Crippen molar-refractivity contribution in [2.75, 3.05) is 16.9 Å². The molecule has 0 unspecified atom stereocenters. The number of anilines is 2. The third kappa shape index (κ3) is 3.71. The molecule has 0 spiro atoms. The molecule has 3 aromatic rings. The first-order valence-corrected chi connectivity index (χ1v) is 9.68. The van der Waals surface area contributed by atoms with Crippen molar-refractivity contribution in [3.8, 4) is 0 Å². The van der Waals surface area contributed by atoms with Crippen molar-refractivity contribution >= 4 is 50.6 Å². The second-order valence-electron chi connectivity index (χ2n) is 5.47. The summed E-state index contributed by atoms with van der Waals surface area (Å²) in [5.74, 6) is -0.0583. The Kier molecular flexibility index (Phi) is 5.06. The normalized spacial score (nSPS) is 12.1. The van der Waals surface area contributed by atoms with Crippen LogP contribution < -0.4 is 10.6 Å². The fourth-order valence-electron chi connectivity index (χ4n) is 2.43. The van der Waals surface area contributed by atoms with E-state index in [9.17, 15) is 4.79 Å². The molecule has 1 aromatic heterocycles. The minimum absolute atomic E-state index is 0.0583. The van der Waals surface area contributed by atoms with Gasteiger partial charge in [-0.1, -0.05) is 12.1 Å². The van der Waals surface area contributed by atoms with Crippen molar-refractivity contribution in [2.45, 2.75) is 24.8 Å². The van der Waals surface area contributed by atoms with Crippen LogP contribution in [0, 0.1) is 6.92 Å². The second-order valence-corrected chi connectivity index (χ2v) is 7.55. The fourth-order valence-corrected chi connectivity index (χ4v) is 3.85. The van der Waals surface area contributed by atoms with Gasteiger partial charge in [-0.2, -0.15) is 0 Å². The summed E-state index contributed by atoms with van der Waals surface area (Å²) in [7, 11) is 0. The topological polar surface area (TPSA) is 54.0 Å². The van der Waals surface area contributed by atoms with Gasteiger partial charge >= 0.3 is 0 Å². The number of rotatable bonds is 5. The molecule has 2 aromatic carbocycles. The first kappa shape index (κ1) is 16.8. The number of para-hydroxylation sites is 1. The smallest absolute Gasteiger partial charge is 0.246 e. The van der Waals surface area contributed by atoms with Crippen LogP contribution in [0.1, 0.15) is 11.9 Å². The summed E-state index contributed by atoms with van der Waals surface area (Å²) in [5.41, 5.74) is 2.76. The average molecular weight is 358 g/mol. The fraction of sp³-hybridized carbons (Fsp3) is 0.222. The Morgan fingerprint density at radius 2 is 2.04 bits per heavy atom. The number of nitrogens with zero attached hydrogens (tertiary/aromatic N) is 1. The molecule has 3 rings (SSSR count). The first-order valence-electron chi connectivity index (χ1n) is 7.64. The highest BCUT2D eigenvalue weighted by Gasteiger charge is 2.14. The summed E-state index contributed by atoms with van der Waals surface area (Å²) in [5, 5.41) is 7.29. The maximum atomic E-state index is 12.5. The van der Waals surface area contributed by atoms with Crippen LogP contribution in [-0.4, -0.2) is 23.2 Å². The van der Waals surface area contributed by atoms with Crippen LogP contribution >= 0.6 is 23.1 Å². The second kappa shape index (κ2) is 7.23. The van der Waals surface area contributed by atoms with Crippen molar-refractivity contribution in [1.82, 2.24) is 4.98 Å². The molecule has 0 saturated carbocycles. The van der Waals surface area contributed by atoms with Gasteiger partial charge in [-0.05, 0) is 50.4 Å². The van der Waals surface area contributed by atoms with E-state index in [1.807, 2.05) is 62.6 Å². The predicted octanol–water partition coefficient (Wildman–Crippen LogP) is 4.77. The maximum absolute atomic E-state index is 12.5. The third-order valence-electron chi connectivity index (χ3n) is 3.64. The summed E-state index contributed by atoms with van der Waals surface area (Å²) in [6, 6.07) is 13.4. The van der Waals surface area contributed by atoms with Gasteiger partial charge in [0, 0.05) is 10.6 Å². The van der Waals surface area contributed by atoms with Crippen molar-refractivity contribution in [1.29, 1.82) is 0 Å². The van der Waals surface area contributed by atoms with Gasteiger partial charge in [-0.25, -0.2) is 4.98 Å². The van der Waals surface area contributed by atoms with E-state index in [-0.39, 0.29) is 11.9 Å². The van der Waals surface area contributed by atoms with Crippen molar-refractivity contribution < 1.29 is 4.79 Å². The monoisotopic (exact) mass is 357 g/mol. The lowest BCUT2D eigenvalue weighted by molar-refractivity contribution is -0.116. The SMILES string of the molecule is CSc1ccccc1NC(=O)[C@@H](C)Nc1ccc2nc(C)sc2c1. The molecule has 0 aliphatic rings. The Morgan fingerprint density at radius 3 is 2.83 bits per heavy atom. The lowest BCUT2D eigenvalue weighted by atomic mass is 10.2. The Morgan fingerprint density at radius 1 is 1.25 bits per heavy atom. The zero-order valence-corrected chi connectivity index (χ0v) is 15.4. The van der Waals surface area contributed by atoms with E-state index < -0.39 is 0 Å². The summed E-state index contributed by atoms with van der Waals surface area (Å²) in [6.45, 7) is 3.86. The van der Waals surface area contributed by atoms with Crippen molar-refractivity contribution in [2.24, 2.45) is 0 Å². The van der Waals surface area contributed by atoms with Gasteiger partial charge in [-0.3, -0.25) is 4.79 Å². The van der Waals surface area contributed by atoms with Crippen LogP contribution in [0.2, 0.25) is 0 Å². The molecule has 124 valence electrons. The van der Waals surface area contributed by atoms with E-state index >= 15 is 0 Å². The minimum Gasteiger partial charge on any atom is -0.374 e. The molecule has 0 bridgehead atoms. The number of aromatic nitrogens is 1. The van der Waals surface area contributed by atoms with E-state index in [1.54, 1.807) is 23.1 Å². The third-order valence-corrected chi connectivity index (χ3v) is 5.37. The van der Waals surface area contributed by atoms with Gasteiger partial charge in [0.15, 0.2) is 0 Å². The number of thiazole rings is 1. The first-order chi connectivity index (χ1) is 11.6. The van der Waals surface area contributed by atoms with Crippen molar-refractivity contribution in [3.63, 3.8) is 0 Å². The molecule has 1 amide bonds. The summed E-state index contributed by atoms with van der Waals surface area (Å²) < 4.78 is 1.12. The zero-order chi connectivity index (χ0) is 17.1. The molecule has 6 heteroatoms. The highest BCUT2D eigenvalue weighted by molar-refractivity contribution is 7.98. The molecule has 24 heavy (non-hydrogen) atoms. The summed E-state index contributed by atoms with van der Waals surface area (Å²) >= 11 is 3.27. The van der Waals surface area contributed by atoms with Crippen LogP contribution in [0.3, 0.4) is 0 Å². The highest BCUT2D eigenvalue weighted by Crippen LogP contribution is 2.26. The van der Waals surface area contributed by atoms with Crippen molar-refractivity contribution in [3.05, 3.63) is 47.5 Å². The minimum atomic E-state index is -0.341. The van der Waals surface area contributed by atoms with E-state index in [0.717, 1.165) is 31.5 Å². The van der Waals surface area contributed by atoms with Gasteiger partial charge in [0.2, 0.25) is 5.91 Å². The average Bonchev–Trinajstić information content (AvgIpc) is 2.94. The van der Waals surface area contributed by atoms with E-state index in [1.165, 1.54) is 0 Å². The van der Waals surface area contributed by atoms with Gasteiger partial charge in [-0.15, -0.1) is 23.1 Å². The predicted molar refractivity (Wildman–Crippen MR) is 104 cm³/mol. The Hall–Kier alpha value is -2.05. The molecule has 0 aliphatic heterocycles. The number of carbonyl (C=O) groups excluding carboxylic acids is 1. The number of hydrogen-bond acceptors (Lipinski definition) is 5. The van der Waals surface area contributed by atoms with E-state index in [2.05, 4.69) is 15.6 Å². The summed E-state index contributed by atoms with van der Waals surface area (Å²) in [4.78, 5) is 18.0. The molecular formula is C18H19N3OS2. The van der Waals surface area contributed by atoms with E-state index in [4.69, 9.17) is 0 Å². The maximum Gasteiger partial charge on any atom is 0.246 e. The number of amides is 1. The molecular weight excluding hydrogens is 338 g/mol. The molecule has 0 fully saturated rings. The molecule has 1 heterocycles. The Labute approximate surface area is 149 Å². The van der Waals surface area contributed by atoms with E-state index in [0.29, 0.717) is 0 Å². The number of benzene rings is 2. The molecule has 0 saturated heterocycles. The molecule has 2 N–H and O–H groups in total. The molecule has 0 aliphatic carbocycles. The van der Waals surface area contributed by atoms with Crippen LogP contribution in [0.25, 0.3) is 10.2 Å². The van der Waals surface area contributed by atoms with Crippen LogP contribution in [0.15, 0.2) is 47.4 Å². The Balaban J connectivity index is 1.70. The van der Waals surface area contributed by atoms with Crippen LogP contribution in [0.5, 0.6) is 0 Å². The van der Waals surface area contributed by atoms with Crippen LogP contribution in [0.4, 0.5) is 11.4 Å². The molecule has 0 radical (unpaired) electrons. The van der Waals surface area contributed by atoms with Gasteiger partial charge < -0.3 is 10.6 Å². The number of aryl methyl sites for hydroxylation is 1. The molecule has 1 atom stereocenters. The number of hydrogen-bond donors (Lipinski definition) is 2. The summed E-state index contributed by atoms with van der Waals surface area (Å²) in [6.07, 6.45) is 2.00. The standard InChI is InChI=1S/C18H19N3OS2/c1-11(18(22)21-14-6-4-5-7-16(14)23-3)19-13-8-9-15-17(10-13)24-12(2)20-15/h4-11,19H,1-3H3,(H,21,22)/t11-/m1/s1. The quantitative estimate of drug-likeness (QED) is 0.646. The molecule has 4 nitrogen and oxygen atoms in total. The van der Waals surface area contributed by atoms with Gasteiger partial charge in [0.05, 0.1) is 20.9 Å². The number of carbonyl (C=O) groups is 1. The number of thioether (sulfide) groups is 1. The lowest BCUT2D eigenvalue weighted by Crippen LogP contribution is -2.32. The van der Waals surface area contributed by atoms with Gasteiger partial charge in [0.25, 0.3) is 0 Å². The number of nitrogens with one attached hydrogen (secondary N) is 2. The number of fused-ring (bicyclic) bond motifs is 1. The van der Waals surface area contributed by atoms with Crippen LogP contribution in [-0.2, 0) is 4.79 Å². The Bertz CT molecular complexity index is 876. The zero-order valence-electron chi connectivity index (χ0n) is 13.8. The van der Waals surface area contributed by atoms with Gasteiger partial charge in [0.1, 0.15) is 6.04 Å². The highest BCUT2D eigenvalue weighted by atomic mass is 32.2.